The lowest BCUT2D eigenvalue weighted by molar-refractivity contribution is -0.138. The molecule has 0 spiro atoms. The first kappa shape index (κ1) is 20.9. The van der Waals surface area contributed by atoms with Crippen molar-refractivity contribution in [1.29, 1.82) is 0 Å². The second kappa shape index (κ2) is 9.20. The maximum atomic E-state index is 13.0. The molecule has 1 aromatic heterocycles. The molecule has 0 aliphatic carbocycles. The van der Waals surface area contributed by atoms with Gasteiger partial charge in [-0.25, -0.2) is 4.79 Å². The van der Waals surface area contributed by atoms with Gasteiger partial charge in [0, 0.05) is 44.0 Å². The number of carbonyl (C=O) groups is 2. The summed E-state index contributed by atoms with van der Waals surface area (Å²) in [6.07, 6.45) is 11.7. The van der Waals surface area contributed by atoms with Crippen molar-refractivity contribution < 1.29 is 19.8 Å². The number of aromatic hydroxyl groups is 1. The van der Waals surface area contributed by atoms with Gasteiger partial charge in [0.25, 0.3) is 0 Å². The summed E-state index contributed by atoms with van der Waals surface area (Å²) in [5.41, 5.74) is 1.67. The van der Waals surface area contributed by atoms with E-state index in [1.54, 1.807) is 9.80 Å². The van der Waals surface area contributed by atoms with Gasteiger partial charge in [0.1, 0.15) is 11.6 Å². The molecule has 2 unspecified atom stereocenters. The van der Waals surface area contributed by atoms with E-state index in [0.29, 0.717) is 25.2 Å². The number of pyridine rings is 1. The number of hydrogen-bond donors (Lipinski definition) is 3. The lowest BCUT2D eigenvalue weighted by Crippen LogP contribution is -2.39. The van der Waals surface area contributed by atoms with Crippen molar-refractivity contribution in [2.75, 3.05) is 26.2 Å². The fraction of sp³-hybridized carbons (Fsp3) is 0.455. The number of amides is 2. The van der Waals surface area contributed by atoms with E-state index in [-0.39, 0.29) is 24.2 Å². The first-order valence-electron chi connectivity index (χ1n) is 10.6. The van der Waals surface area contributed by atoms with Crippen LogP contribution in [-0.2, 0) is 4.79 Å². The van der Waals surface area contributed by atoms with Gasteiger partial charge in [-0.2, -0.15) is 0 Å². The smallest absolute Gasteiger partial charge is 0.320 e. The normalized spacial score (nSPS) is 21.3. The van der Waals surface area contributed by atoms with Crippen LogP contribution in [0.3, 0.4) is 0 Å². The first-order valence-corrected chi connectivity index (χ1v) is 10.6. The third-order valence-corrected chi connectivity index (χ3v) is 5.81. The summed E-state index contributed by atoms with van der Waals surface area (Å²) in [4.78, 5) is 36.2. The van der Waals surface area contributed by atoms with E-state index in [1.807, 2.05) is 0 Å². The molecule has 3 aliphatic heterocycles. The zero-order valence-corrected chi connectivity index (χ0v) is 17.3. The quantitative estimate of drug-likeness (QED) is 0.587. The molecule has 1 saturated heterocycles. The van der Waals surface area contributed by atoms with Crippen LogP contribution in [0.5, 0.6) is 5.75 Å². The summed E-state index contributed by atoms with van der Waals surface area (Å²) in [5.74, 6) is -0.0998. The fourth-order valence-electron chi connectivity index (χ4n) is 4.27. The third kappa shape index (κ3) is 4.87. The molecular weight excluding hydrogens is 398 g/mol. The molecular formula is C22H27N5O4. The largest absolute Gasteiger partial charge is 0.506 e. The number of nitrogens with zero attached hydrogens (tertiary/aromatic N) is 4. The highest BCUT2D eigenvalue weighted by Crippen LogP contribution is 2.29. The van der Waals surface area contributed by atoms with Crippen LogP contribution in [0.2, 0.25) is 0 Å². The molecule has 0 bridgehead atoms. The Balaban J connectivity index is 1.34. The lowest BCUT2D eigenvalue weighted by atomic mass is 10.0. The number of fused-ring (bicyclic) bond motifs is 1. The van der Waals surface area contributed by atoms with Gasteiger partial charge in [-0.05, 0) is 30.9 Å². The number of carboxylic acid groups (broad SMARTS) is 1. The number of carboxylic acids is 1. The van der Waals surface area contributed by atoms with Crippen LogP contribution in [0.1, 0.15) is 37.3 Å². The number of amidine groups is 1. The summed E-state index contributed by atoms with van der Waals surface area (Å²) in [5, 5.41) is 22.5. The number of aliphatic imine (C=N–C) groups is 1. The minimum absolute atomic E-state index is 0.0509. The first-order chi connectivity index (χ1) is 15.0. The number of aromatic nitrogens is 1. The number of nitrogens with one attached hydrogen (secondary N) is 1. The number of aliphatic carboxylic acids is 1. The summed E-state index contributed by atoms with van der Waals surface area (Å²) in [6, 6.07) is 0.825. The van der Waals surface area contributed by atoms with Crippen molar-refractivity contribution in [3.8, 4) is 5.75 Å². The minimum atomic E-state index is -1.01. The van der Waals surface area contributed by atoms with Gasteiger partial charge in [-0.15, -0.1) is 0 Å². The van der Waals surface area contributed by atoms with Gasteiger partial charge in [0.15, 0.2) is 0 Å². The number of carbonyl (C=O) groups excluding carboxylic acids is 1. The highest BCUT2D eigenvalue weighted by atomic mass is 16.4. The highest BCUT2D eigenvalue weighted by molar-refractivity contribution is 6.02. The molecule has 3 N–H and O–H groups in total. The number of hydrogen-bond acceptors (Lipinski definition) is 6. The number of dihydropyridines is 1. The molecule has 0 saturated carbocycles. The Morgan fingerprint density at radius 2 is 2.19 bits per heavy atom. The van der Waals surface area contributed by atoms with Crippen molar-refractivity contribution in [3.05, 3.63) is 47.8 Å². The predicted octanol–water partition coefficient (Wildman–Crippen LogP) is 2.08. The van der Waals surface area contributed by atoms with Crippen molar-refractivity contribution in [2.24, 2.45) is 4.99 Å². The van der Waals surface area contributed by atoms with Crippen LogP contribution in [0, 0.1) is 0 Å². The molecule has 9 heteroatoms. The Kier molecular flexibility index (Phi) is 6.20. The molecule has 164 valence electrons. The van der Waals surface area contributed by atoms with Gasteiger partial charge in [0.2, 0.25) is 0 Å². The molecule has 4 rings (SSSR count). The van der Waals surface area contributed by atoms with Gasteiger partial charge < -0.3 is 25.3 Å². The summed E-state index contributed by atoms with van der Waals surface area (Å²) < 4.78 is 0. The molecule has 2 amide bonds. The Morgan fingerprint density at radius 3 is 3.00 bits per heavy atom. The minimum Gasteiger partial charge on any atom is -0.506 e. The van der Waals surface area contributed by atoms with Gasteiger partial charge >= 0.3 is 12.0 Å². The molecule has 31 heavy (non-hydrogen) atoms. The van der Waals surface area contributed by atoms with Gasteiger partial charge in [-0.1, -0.05) is 18.2 Å². The van der Waals surface area contributed by atoms with E-state index in [0.717, 1.165) is 37.2 Å². The van der Waals surface area contributed by atoms with Crippen molar-refractivity contribution in [3.63, 3.8) is 0 Å². The zero-order chi connectivity index (χ0) is 21.8. The zero-order valence-electron chi connectivity index (χ0n) is 17.3. The molecule has 0 radical (unpaired) electrons. The average Bonchev–Trinajstić information content (AvgIpc) is 3.12. The van der Waals surface area contributed by atoms with E-state index < -0.39 is 12.0 Å². The average molecular weight is 425 g/mol. The molecule has 0 aromatic carbocycles. The number of rotatable bonds is 8. The summed E-state index contributed by atoms with van der Waals surface area (Å²) >= 11 is 0. The van der Waals surface area contributed by atoms with Gasteiger partial charge in [-0.3, -0.25) is 14.8 Å². The number of urea groups is 1. The highest BCUT2D eigenvalue weighted by Gasteiger charge is 2.35. The van der Waals surface area contributed by atoms with E-state index in [1.165, 1.54) is 18.5 Å². The molecule has 1 aromatic rings. The van der Waals surface area contributed by atoms with Crippen LogP contribution in [0.25, 0.3) is 0 Å². The standard InChI is InChI=1S/C22H27N5O4/c28-18-11-16(13-23-14-18)19(12-20(29)30)27-10-9-26(22(27)31)8-2-4-17-6-5-15-3-1-7-24-21(15)25-17/h3,5-6,11,13-14,17,19,28H,1-2,4,7-10,12H2,(H,24,25)(H,29,30). The monoisotopic (exact) mass is 425 g/mol. The third-order valence-electron chi connectivity index (χ3n) is 5.81. The van der Waals surface area contributed by atoms with Crippen molar-refractivity contribution >= 4 is 17.8 Å². The topological polar surface area (TPSA) is 118 Å². The van der Waals surface area contributed by atoms with Crippen LogP contribution in [0.4, 0.5) is 4.79 Å². The van der Waals surface area contributed by atoms with Crippen LogP contribution in [0.15, 0.2) is 47.3 Å². The molecule has 2 atom stereocenters. The Hall–Kier alpha value is -3.36. The predicted molar refractivity (Wildman–Crippen MR) is 115 cm³/mol. The van der Waals surface area contributed by atoms with Crippen molar-refractivity contribution in [2.45, 2.75) is 37.8 Å². The Bertz CT molecular complexity index is 942. The summed E-state index contributed by atoms with van der Waals surface area (Å²) in [6.45, 7) is 2.42. The van der Waals surface area contributed by atoms with E-state index in [9.17, 15) is 19.8 Å². The molecule has 3 aliphatic rings. The lowest BCUT2D eigenvalue weighted by Gasteiger charge is -2.28. The van der Waals surface area contributed by atoms with Crippen LogP contribution in [-0.4, -0.2) is 75.1 Å². The Morgan fingerprint density at radius 1 is 1.32 bits per heavy atom. The fourth-order valence-corrected chi connectivity index (χ4v) is 4.27. The van der Waals surface area contributed by atoms with Crippen molar-refractivity contribution in [1.82, 2.24) is 20.1 Å². The maximum Gasteiger partial charge on any atom is 0.320 e. The van der Waals surface area contributed by atoms with E-state index in [2.05, 4.69) is 33.5 Å². The molecule has 4 heterocycles. The second-order valence-electron chi connectivity index (χ2n) is 7.98. The van der Waals surface area contributed by atoms with E-state index in [4.69, 9.17) is 0 Å². The van der Waals surface area contributed by atoms with Crippen LogP contribution >= 0.6 is 0 Å². The van der Waals surface area contributed by atoms with Crippen LogP contribution < -0.4 is 5.32 Å². The van der Waals surface area contributed by atoms with E-state index >= 15 is 0 Å². The maximum absolute atomic E-state index is 13.0. The second-order valence-corrected chi connectivity index (χ2v) is 7.98. The summed E-state index contributed by atoms with van der Waals surface area (Å²) in [7, 11) is 0. The Labute approximate surface area is 180 Å². The molecule has 9 nitrogen and oxygen atoms in total. The van der Waals surface area contributed by atoms with Gasteiger partial charge in [0.05, 0.1) is 18.7 Å². The molecule has 1 fully saturated rings. The SMILES string of the molecule is O=C(O)CC(c1cncc(O)c1)N1CCN(CCCC2C=CC3=CCCN=C3N2)C1=O.